The Kier molecular flexibility index (Phi) is 6.83. The first-order chi connectivity index (χ1) is 15.8. The largest absolute Gasteiger partial charge is 0.451 e. The van der Waals surface area contributed by atoms with Crippen molar-refractivity contribution in [2.45, 2.75) is 4.90 Å². The van der Waals surface area contributed by atoms with E-state index in [0.717, 1.165) is 5.56 Å². The van der Waals surface area contributed by atoms with Crippen molar-refractivity contribution in [3.05, 3.63) is 47.7 Å². The van der Waals surface area contributed by atoms with E-state index in [1.165, 1.54) is 33.8 Å². The van der Waals surface area contributed by atoms with Crippen LogP contribution >= 0.6 is 11.3 Å². The lowest BCUT2D eigenvalue weighted by molar-refractivity contribution is -0.119. The van der Waals surface area contributed by atoms with E-state index < -0.39 is 28.5 Å². The minimum absolute atomic E-state index is 0.0598. The van der Waals surface area contributed by atoms with Crippen LogP contribution in [0.4, 0.5) is 5.69 Å². The molecule has 33 heavy (non-hydrogen) atoms. The van der Waals surface area contributed by atoms with E-state index in [0.29, 0.717) is 18.2 Å². The Labute approximate surface area is 194 Å². The van der Waals surface area contributed by atoms with Crippen molar-refractivity contribution >= 4 is 38.9 Å². The number of ether oxygens (including phenoxy) is 2. The van der Waals surface area contributed by atoms with Crippen molar-refractivity contribution in [3.63, 3.8) is 0 Å². The monoisotopic (exact) mass is 491 g/mol. The number of morpholine rings is 1. The van der Waals surface area contributed by atoms with Crippen molar-refractivity contribution < 1.29 is 27.5 Å². The number of sulfonamides is 1. The highest BCUT2D eigenvalue weighted by atomic mass is 32.2. The van der Waals surface area contributed by atoms with E-state index in [-0.39, 0.29) is 29.4 Å². The lowest BCUT2D eigenvalue weighted by Gasteiger charge is -2.26. The van der Waals surface area contributed by atoms with Gasteiger partial charge in [-0.2, -0.15) is 9.40 Å². The number of anilines is 1. The van der Waals surface area contributed by atoms with Gasteiger partial charge in [-0.25, -0.2) is 18.2 Å². The number of benzene rings is 1. The molecule has 0 spiro atoms. The van der Waals surface area contributed by atoms with Crippen LogP contribution in [0.5, 0.6) is 0 Å². The third-order valence-corrected chi connectivity index (χ3v) is 7.51. The molecule has 1 amide bonds. The number of rotatable bonds is 7. The molecule has 0 aliphatic carbocycles. The first-order valence-electron chi connectivity index (χ1n) is 9.92. The van der Waals surface area contributed by atoms with Crippen LogP contribution in [-0.2, 0) is 31.3 Å². The van der Waals surface area contributed by atoms with Crippen molar-refractivity contribution in [2.75, 3.05) is 38.2 Å². The summed E-state index contributed by atoms with van der Waals surface area (Å²) in [6, 6.07) is 5.91. The fourth-order valence-corrected chi connectivity index (χ4v) is 5.32. The summed E-state index contributed by atoms with van der Waals surface area (Å²) in [7, 11) is -1.92. The van der Waals surface area contributed by atoms with E-state index >= 15 is 0 Å². The maximum Gasteiger partial charge on any atom is 0.358 e. The lowest BCUT2D eigenvalue weighted by atomic mass is 10.3. The molecule has 1 saturated heterocycles. The van der Waals surface area contributed by atoms with Gasteiger partial charge in [0.15, 0.2) is 12.3 Å². The van der Waals surface area contributed by atoms with E-state index in [2.05, 4.69) is 15.4 Å². The SMILES string of the molecule is Cn1cc(-c2nc(C(=O)OCC(=O)Nc3cccc(S(=O)(=O)N4CCOCC4)c3)cs2)cn1. The predicted octanol–water partition coefficient (Wildman–Crippen LogP) is 1.36. The lowest BCUT2D eigenvalue weighted by Crippen LogP contribution is -2.40. The first kappa shape index (κ1) is 23.0. The van der Waals surface area contributed by atoms with Gasteiger partial charge in [0.05, 0.1) is 24.3 Å². The summed E-state index contributed by atoms with van der Waals surface area (Å²) in [5, 5.41) is 8.76. The minimum Gasteiger partial charge on any atom is -0.451 e. The number of nitrogens with one attached hydrogen (secondary N) is 1. The summed E-state index contributed by atoms with van der Waals surface area (Å²) in [4.78, 5) is 28.8. The van der Waals surface area contributed by atoms with Crippen LogP contribution in [0, 0.1) is 0 Å². The van der Waals surface area contributed by atoms with Crippen molar-refractivity contribution in [3.8, 4) is 10.6 Å². The van der Waals surface area contributed by atoms with Gasteiger partial charge >= 0.3 is 5.97 Å². The fraction of sp³-hybridized carbons (Fsp3) is 0.300. The molecule has 0 saturated carbocycles. The van der Waals surface area contributed by atoms with Crippen molar-refractivity contribution in [2.24, 2.45) is 7.05 Å². The highest BCUT2D eigenvalue weighted by Gasteiger charge is 2.26. The number of hydrogen-bond donors (Lipinski definition) is 1. The molecule has 11 nitrogen and oxygen atoms in total. The maximum atomic E-state index is 12.8. The maximum absolute atomic E-state index is 12.8. The van der Waals surface area contributed by atoms with Gasteiger partial charge in [-0.1, -0.05) is 6.07 Å². The number of thiazole rings is 1. The summed E-state index contributed by atoms with van der Waals surface area (Å²) in [5.74, 6) is -1.34. The topological polar surface area (TPSA) is 133 Å². The molecular weight excluding hydrogens is 470 g/mol. The van der Waals surface area contributed by atoms with Gasteiger partial charge in [-0.05, 0) is 18.2 Å². The van der Waals surface area contributed by atoms with Gasteiger partial charge in [0.25, 0.3) is 5.91 Å². The molecule has 174 valence electrons. The van der Waals surface area contributed by atoms with Crippen LogP contribution in [0.3, 0.4) is 0 Å². The van der Waals surface area contributed by atoms with Crippen molar-refractivity contribution in [1.82, 2.24) is 19.1 Å². The second-order valence-corrected chi connectivity index (χ2v) is 9.91. The normalized spacial score (nSPS) is 14.7. The molecule has 1 fully saturated rings. The van der Waals surface area contributed by atoms with Crippen LogP contribution in [0.15, 0.2) is 46.9 Å². The highest BCUT2D eigenvalue weighted by Crippen LogP contribution is 2.23. The molecule has 3 aromatic rings. The number of nitrogens with zero attached hydrogens (tertiary/aromatic N) is 4. The van der Waals surface area contributed by atoms with Gasteiger partial charge in [-0.15, -0.1) is 11.3 Å². The molecule has 0 bridgehead atoms. The van der Waals surface area contributed by atoms with E-state index in [4.69, 9.17) is 9.47 Å². The smallest absolute Gasteiger partial charge is 0.358 e. The van der Waals surface area contributed by atoms with Crippen molar-refractivity contribution in [1.29, 1.82) is 0 Å². The average molecular weight is 492 g/mol. The van der Waals surface area contributed by atoms with Crippen LogP contribution in [-0.4, -0.2) is 72.3 Å². The van der Waals surface area contributed by atoms with E-state index in [1.807, 2.05) is 0 Å². The molecule has 1 N–H and O–H groups in total. The average Bonchev–Trinajstić information content (AvgIpc) is 3.47. The van der Waals surface area contributed by atoms with Crippen LogP contribution < -0.4 is 5.32 Å². The zero-order valence-corrected chi connectivity index (χ0v) is 19.3. The Morgan fingerprint density at radius 3 is 2.79 bits per heavy atom. The third-order valence-electron chi connectivity index (χ3n) is 4.73. The van der Waals surface area contributed by atoms with E-state index in [1.54, 1.807) is 35.6 Å². The zero-order chi connectivity index (χ0) is 23.4. The Bertz CT molecular complexity index is 1260. The number of hydrogen-bond acceptors (Lipinski definition) is 9. The number of carbonyl (C=O) groups is 2. The molecule has 0 radical (unpaired) electrons. The quantitative estimate of drug-likeness (QED) is 0.490. The first-order valence-corrected chi connectivity index (χ1v) is 12.2. The Balaban J connectivity index is 1.34. The molecule has 1 aliphatic heterocycles. The summed E-state index contributed by atoms with van der Waals surface area (Å²) in [6.07, 6.45) is 3.41. The van der Waals surface area contributed by atoms with Crippen LogP contribution in [0.25, 0.3) is 10.6 Å². The van der Waals surface area contributed by atoms with E-state index in [9.17, 15) is 18.0 Å². The molecule has 1 aromatic carbocycles. The summed E-state index contributed by atoms with van der Waals surface area (Å²) >= 11 is 1.26. The fourth-order valence-electron chi connectivity index (χ4n) is 3.10. The minimum atomic E-state index is -3.70. The number of carbonyl (C=O) groups excluding carboxylic acids is 2. The molecule has 3 heterocycles. The number of aryl methyl sites for hydroxylation is 1. The molecule has 0 unspecified atom stereocenters. The standard InChI is InChI=1S/C20H21N5O6S2/c1-24-11-14(10-21-24)19-23-17(13-32-19)20(27)31-12-18(26)22-15-3-2-4-16(9-15)33(28,29)25-5-7-30-8-6-25/h2-4,9-11,13H,5-8,12H2,1H3,(H,22,26). The van der Waals surface area contributed by atoms with Gasteiger partial charge in [0.1, 0.15) is 5.01 Å². The zero-order valence-electron chi connectivity index (χ0n) is 17.6. The van der Waals surface area contributed by atoms with Gasteiger partial charge in [-0.3, -0.25) is 9.48 Å². The number of amides is 1. The van der Waals surface area contributed by atoms with Gasteiger partial charge in [0.2, 0.25) is 10.0 Å². The molecule has 2 aromatic heterocycles. The number of aromatic nitrogens is 3. The highest BCUT2D eigenvalue weighted by molar-refractivity contribution is 7.89. The predicted molar refractivity (Wildman–Crippen MR) is 119 cm³/mol. The third kappa shape index (κ3) is 5.45. The van der Waals surface area contributed by atoms with Crippen LogP contribution in [0.1, 0.15) is 10.5 Å². The second kappa shape index (κ2) is 9.79. The molecule has 4 rings (SSSR count). The summed E-state index contributed by atoms with van der Waals surface area (Å²) in [6.45, 7) is 0.675. The van der Waals surface area contributed by atoms with Crippen LogP contribution in [0.2, 0.25) is 0 Å². The van der Waals surface area contributed by atoms with Gasteiger partial charge in [0, 0.05) is 43.0 Å². The Morgan fingerprint density at radius 1 is 1.27 bits per heavy atom. The Morgan fingerprint density at radius 2 is 2.06 bits per heavy atom. The molecule has 1 aliphatic rings. The summed E-state index contributed by atoms with van der Waals surface area (Å²) in [5.41, 5.74) is 1.13. The molecule has 0 atom stereocenters. The van der Waals surface area contributed by atoms with Gasteiger partial charge < -0.3 is 14.8 Å². The second-order valence-electron chi connectivity index (χ2n) is 7.11. The molecular formula is C20H21N5O6S2. The molecule has 13 heteroatoms. The summed E-state index contributed by atoms with van der Waals surface area (Å²) < 4.78 is 38.8. The number of esters is 1. The Hall–Kier alpha value is -3.13.